The lowest BCUT2D eigenvalue weighted by molar-refractivity contribution is 0.601. The van der Waals surface area contributed by atoms with Crippen molar-refractivity contribution in [3.8, 4) is 0 Å². The maximum Gasteiger partial charge on any atom is 0.0897 e. The van der Waals surface area contributed by atoms with Gasteiger partial charge in [0.05, 0.1) is 5.01 Å². The molecular weight excluding hydrogens is 287 g/mol. The van der Waals surface area contributed by atoms with Gasteiger partial charge in [0.2, 0.25) is 0 Å². The Hall–Kier alpha value is -0.610. The molecule has 1 N–H and O–H groups in total. The number of thiazole rings is 1. The maximum absolute atomic E-state index is 6.20. The first-order valence-electron chi connectivity index (χ1n) is 5.63. The fraction of sp³-hybridized carbons (Fsp3) is 0.308. The third kappa shape index (κ3) is 3.23. The van der Waals surface area contributed by atoms with Gasteiger partial charge in [0.1, 0.15) is 0 Å². The van der Waals surface area contributed by atoms with E-state index in [1.165, 1.54) is 4.88 Å². The van der Waals surface area contributed by atoms with Gasteiger partial charge in [-0.15, -0.1) is 11.3 Å². The third-order valence-electron chi connectivity index (χ3n) is 2.77. The number of hydrogen-bond donors (Lipinski definition) is 1. The SMILES string of the molecule is CNC(Cc1ccc(Cl)cc1Cl)c1cnc(C)s1. The predicted molar refractivity (Wildman–Crippen MR) is 78.8 cm³/mol. The van der Waals surface area contributed by atoms with Crippen LogP contribution < -0.4 is 5.32 Å². The minimum Gasteiger partial charge on any atom is -0.312 e. The number of benzene rings is 1. The fourth-order valence-corrected chi connectivity index (χ4v) is 3.17. The summed E-state index contributed by atoms with van der Waals surface area (Å²) in [5, 5.41) is 5.75. The van der Waals surface area contributed by atoms with Crippen LogP contribution in [0.5, 0.6) is 0 Å². The van der Waals surface area contributed by atoms with Crippen molar-refractivity contribution < 1.29 is 0 Å². The van der Waals surface area contributed by atoms with Crippen molar-refractivity contribution in [3.63, 3.8) is 0 Å². The topological polar surface area (TPSA) is 24.9 Å². The molecule has 0 fully saturated rings. The molecular formula is C13H14Cl2N2S. The number of halogens is 2. The van der Waals surface area contributed by atoms with Crippen LogP contribution >= 0.6 is 34.5 Å². The Morgan fingerprint density at radius 2 is 2.17 bits per heavy atom. The highest BCUT2D eigenvalue weighted by atomic mass is 35.5. The molecule has 0 aliphatic heterocycles. The van der Waals surface area contributed by atoms with Crippen LogP contribution in [-0.2, 0) is 6.42 Å². The van der Waals surface area contributed by atoms with Crippen molar-refractivity contribution in [2.45, 2.75) is 19.4 Å². The minimum atomic E-state index is 0.231. The molecule has 0 bridgehead atoms. The fourth-order valence-electron chi connectivity index (χ4n) is 1.79. The molecule has 0 aliphatic carbocycles. The van der Waals surface area contributed by atoms with E-state index in [-0.39, 0.29) is 6.04 Å². The highest BCUT2D eigenvalue weighted by molar-refractivity contribution is 7.11. The monoisotopic (exact) mass is 300 g/mol. The Kier molecular flexibility index (Phi) is 4.62. The molecule has 2 nitrogen and oxygen atoms in total. The number of hydrogen-bond acceptors (Lipinski definition) is 3. The van der Waals surface area contributed by atoms with Crippen LogP contribution in [0.2, 0.25) is 10.0 Å². The zero-order valence-electron chi connectivity index (χ0n) is 10.2. The number of aryl methyl sites for hydroxylation is 1. The van der Waals surface area contributed by atoms with Crippen LogP contribution in [0.1, 0.15) is 21.5 Å². The molecule has 1 aromatic carbocycles. The summed E-state index contributed by atoms with van der Waals surface area (Å²) in [4.78, 5) is 5.51. The van der Waals surface area contributed by atoms with Crippen LogP contribution in [0.15, 0.2) is 24.4 Å². The second-order valence-electron chi connectivity index (χ2n) is 4.06. The minimum absolute atomic E-state index is 0.231. The van der Waals surface area contributed by atoms with E-state index in [1.807, 2.05) is 32.3 Å². The van der Waals surface area contributed by atoms with E-state index in [0.29, 0.717) is 10.0 Å². The van der Waals surface area contributed by atoms with Gasteiger partial charge >= 0.3 is 0 Å². The molecule has 0 saturated carbocycles. The molecule has 1 atom stereocenters. The van der Waals surface area contributed by atoms with Gasteiger partial charge in [0, 0.05) is 27.2 Å². The molecule has 2 aromatic rings. The summed E-state index contributed by atoms with van der Waals surface area (Å²) in [5.41, 5.74) is 1.09. The van der Waals surface area contributed by atoms with Gasteiger partial charge in [-0.05, 0) is 38.1 Å². The van der Waals surface area contributed by atoms with Crippen molar-refractivity contribution in [1.29, 1.82) is 0 Å². The first-order chi connectivity index (χ1) is 8.60. The average molecular weight is 301 g/mol. The number of likely N-dealkylation sites (N-methyl/N-ethyl adjacent to an activating group) is 1. The highest BCUT2D eigenvalue weighted by Crippen LogP contribution is 2.28. The Morgan fingerprint density at radius 1 is 1.39 bits per heavy atom. The average Bonchev–Trinajstić information content (AvgIpc) is 2.75. The van der Waals surface area contributed by atoms with E-state index in [9.17, 15) is 0 Å². The summed E-state index contributed by atoms with van der Waals surface area (Å²) in [5.74, 6) is 0. The van der Waals surface area contributed by atoms with Crippen LogP contribution in [0, 0.1) is 6.92 Å². The Labute approximate surface area is 121 Å². The molecule has 1 heterocycles. The van der Waals surface area contributed by atoms with Crippen molar-refractivity contribution >= 4 is 34.5 Å². The van der Waals surface area contributed by atoms with E-state index in [2.05, 4.69) is 10.3 Å². The molecule has 5 heteroatoms. The molecule has 96 valence electrons. The van der Waals surface area contributed by atoms with E-state index >= 15 is 0 Å². The van der Waals surface area contributed by atoms with Gasteiger partial charge in [-0.25, -0.2) is 4.98 Å². The lowest BCUT2D eigenvalue weighted by Crippen LogP contribution is -2.17. The molecule has 0 amide bonds. The van der Waals surface area contributed by atoms with Crippen LogP contribution in [0.3, 0.4) is 0 Å². The first-order valence-corrected chi connectivity index (χ1v) is 7.21. The molecule has 1 unspecified atom stereocenters. The van der Waals surface area contributed by atoms with Gasteiger partial charge in [-0.2, -0.15) is 0 Å². The second kappa shape index (κ2) is 6.02. The normalized spacial score (nSPS) is 12.7. The van der Waals surface area contributed by atoms with Gasteiger partial charge in [-0.1, -0.05) is 29.3 Å². The molecule has 18 heavy (non-hydrogen) atoms. The van der Waals surface area contributed by atoms with Gasteiger partial charge in [-0.3, -0.25) is 0 Å². The second-order valence-corrected chi connectivity index (χ2v) is 6.17. The summed E-state index contributed by atoms with van der Waals surface area (Å²) in [6.07, 6.45) is 2.75. The Morgan fingerprint density at radius 3 is 2.72 bits per heavy atom. The van der Waals surface area contributed by atoms with Crippen LogP contribution in [0.25, 0.3) is 0 Å². The van der Waals surface area contributed by atoms with E-state index in [0.717, 1.165) is 17.0 Å². The predicted octanol–water partition coefficient (Wildman–Crippen LogP) is 4.26. The van der Waals surface area contributed by atoms with Crippen molar-refractivity contribution in [3.05, 3.63) is 49.9 Å². The van der Waals surface area contributed by atoms with E-state index < -0.39 is 0 Å². The molecule has 1 aromatic heterocycles. The first kappa shape index (κ1) is 13.8. The summed E-state index contributed by atoms with van der Waals surface area (Å²) in [6.45, 7) is 2.01. The summed E-state index contributed by atoms with van der Waals surface area (Å²) in [6, 6.07) is 5.86. The lowest BCUT2D eigenvalue weighted by Gasteiger charge is -2.15. The standard InChI is InChI=1S/C13H14Cl2N2S/c1-8-17-7-13(18-8)12(16-2)5-9-3-4-10(14)6-11(9)15/h3-4,6-7,12,16H,5H2,1-2H3. The molecule has 0 aliphatic rings. The number of aromatic nitrogens is 1. The van der Waals surface area contributed by atoms with Crippen molar-refractivity contribution in [1.82, 2.24) is 10.3 Å². The third-order valence-corrected chi connectivity index (χ3v) is 4.38. The number of nitrogens with zero attached hydrogens (tertiary/aromatic N) is 1. The molecule has 2 rings (SSSR count). The van der Waals surface area contributed by atoms with Crippen molar-refractivity contribution in [2.24, 2.45) is 0 Å². The molecule has 0 saturated heterocycles. The summed E-state index contributed by atoms with van der Waals surface area (Å²) < 4.78 is 0. The summed E-state index contributed by atoms with van der Waals surface area (Å²) >= 11 is 13.8. The summed E-state index contributed by atoms with van der Waals surface area (Å²) in [7, 11) is 1.95. The number of nitrogens with one attached hydrogen (secondary N) is 1. The Balaban J connectivity index is 2.20. The number of rotatable bonds is 4. The van der Waals surface area contributed by atoms with Gasteiger partial charge in [0.15, 0.2) is 0 Å². The van der Waals surface area contributed by atoms with Gasteiger partial charge < -0.3 is 5.32 Å². The molecule has 0 spiro atoms. The highest BCUT2D eigenvalue weighted by Gasteiger charge is 2.14. The van der Waals surface area contributed by atoms with Crippen molar-refractivity contribution in [2.75, 3.05) is 7.05 Å². The zero-order chi connectivity index (χ0) is 13.1. The van der Waals surface area contributed by atoms with E-state index in [4.69, 9.17) is 23.2 Å². The van der Waals surface area contributed by atoms with Gasteiger partial charge in [0.25, 0.3) is 0 Å². The smallest absolute Gasteiger partial charge is 0.0897 e. The van der Waals surface area contributed by atoms with Crippen LogP contribution in [-0.4, -0.2) is 12.0 Å². The quantitative estimate of drug-likeness (QED) is 0.912. The molecule has 0 radical (unpaired) electrons. The zero-order valence-corrected chi connectivity index (χ0v) is 12.5. The van der Waals surface area contributed by atoms with E-state index in [1.54, 1.807) is 17.4 Å². The maximum atomic E-state index is 6.20. The lowest BCUT2D eigenvalue weighted by atomic mass is 10.1. The van der Waals surface area contributed by atoms with Crippen LogP contribution in [0.4, 0.5) is 0 Å². The Bertz CT molecular complexity index is 540. The largest absolute Gasteiger partial charge is 0.312 e.